The largest absolute Gasteiger partial charge is 0.370 e. The van der Waals surface area contributed by atoms with Gasteiger partial charge in [-0.2, -0.15) is 0 Å². The van der Waals surface area contributed by atoms with Gasteiger partial charge in [0.05, 0.1) is 0 Å². The molecule has 0 bridgehead atoms. The Balaban J connectivity index is 1.92. The zero-order valence-electron chi connectivity index (χ0n) is 17.7. The van der Waals surface area contributed by atoms with Crippen molar-refractivity contribution in [3.63, 3.8) is 0 Å². The van der Waals surface area contributed by atoms with Crippen molar-refractivity contribution >= 4 is 17.3 Å². The normalized spacial score (nSPS) is 13.6. The second-order valence-corrected chi connectivity index (χ2v) is 7.91. The van der Waals surface area contributed by atoms with Crippen molar-refractivity contribution in [1.29, 1.82) is 0 Å². The number of rotatable bonds is 7. The highest BCUT2D eigenvalue weighted by Crippen LogP contribution is 2.38. The van der Waals surface area contributed by atoms with E-state index < -0.39 is 0 Å². The van der Waals surface area contributed by atoms with Crippen LogP contribution >= 0.6 is 0 Å². The van der Waals surface area contributed by atoms with Gasteiger partial charge < -0.3 is 10.2 Å². The van der Waals surface area contributed by atoms with E-state index in [1.54, 1.807) is 0 Å². The molecular formula is C23H34N4. The number of anilines is 3. The average Bonchev–Trinajstić information content (AvgIpc) is 2.61. The van der Waals surface area contributed by atoms with Gasteiger partial charge in [0, 0.05) is 24.3 Å². The molecule has 0 aliphatic carbocycles. The van der Waals surface area contributed by atoms with Gasteiger partial charge in [0.25, 0.3) is 0 Å². The third-order valence-electron chi connectivity index (χ3n) is 5.39. The van der Waals surface area contributed by atoms with Gasteiger partial charge in [-0.1, -0.05) is 43.9 Å². The number of hydrogen-bond acceptors (Lipinski definition) is 4. The first kappa shape index (κ1) is 19.7. The summed E-state index contributed by atoms with van der Waals surface area (Å²) in [6.45, 7) is 12.9. The molecule has 0 atom stereocenters. The van der Waals surface area contributed by atoms with Gasteiger partial charge in [0.15, 0.2) is 0 Å². The summed E-state index contributed by atoms with van der Waals surface area (Å²) in [5.41, 5.74) is 6.56. The molecule has 1 aromatic heterocycles. The molecule has 0 saturated carbocycles. The molecule has 1 aliphatic rings. The van der Waals surface area contributed by atoms with E-state index in [-0.39, 0.29) is 0 Å². The van der Waals surface area contributed by atoms with Crippen LogP contribution in [0, 0.1) is 27.7 Å². The maximum absolute atomic E-state index is 4.87. The van der Waals surface area contributed by atoms with Crippen LogP contribution in [-0.2, 0) is 6.42 Å². The molecule has 0 fully saturated rings. The summed E-state index contributed by atoms with van der Waals surface area (Å²) in [7, 11) is 0. The number of unbranched alkanes of at least 4 members (excludes halogenated alkanes) is 3. The summed E-state index contributed by atoms with van der Waals surface area (Å²) in [4.78, 5) is 12.0. The Morgan fingerprint density at radius 2 is 1.74 bits per heavy atom. The van der Waals surface area contributed by atoms with Crippen molar-refractivity contribution < 1.29 is 0 Å². The molecule has 27 heavy (non-hydrogen) atoms. The topological polar surface area (TPSA) is 41.1 Å². The maximum Gasteiger partial charge on any atom is 0.142 e. The van der Waals surface area contributed by atoms with Gasteiger partial charge in [0.2, 0.25) is 0 Å². The Labute approximate surface area is 164 Å². The van der Waals surface area contributed by atoms with Crippen molar-refractivity contribution in [3.05, 3.63) is 40.2 Å². The number of hydrogen-bond donors (Lipinski definition) is 1. The molecule has 2 heterocycles. The molecule has 0 unspecified atom stereocenters. The quantitative estimate of drug-likeness (QED) is 0.630. The number of fused-ring (bicyclic) bond motifs is 1. The number of aryl methyl sites for hydroxylation is 4. The van der Waals surface area contributed by atoms with Crippen molar-refractivity contribution in [2.75, 3.05) is 23.3 Å². The van der Waals surface area contributed by atoms with Gasteiger partial charge in [-0.15, -0.1) is 0 Å². The molecule has 2 aromatic rings. The van der Waals surface area contributed by atoms with Gasteiger partial charge in [-0.25, -0.2) is 9.97 Å². The first-order chi connectivity index (χ1) is 13.0. The van der Waals surface area contributed by atoms with Crippen LogP contribution in [0.2, 0.25) is 0 Å². The number of nitrogens with zero attached hydrogens (tertiary/aromatic N) is 3. The molecule has 0 amide bonds. The highest BCUT2D eigenvalue weighted by molar-refractivity contribution is 5.73. The molecule has 0 radical (unpaired) electrons. The smallest absolute Gasteiger partial charge is 0.142 e. The zero-order valence-corrected chi connectivity index (χ0v) is 17.7. The standard InChI is InChI=1S/C23H34N4/c1-6-7-8-9-12-24-22-20-11-10-13-27(23(20)26-19(5)25-22)21-17(3)14-16(2)15-18(21)4/h14-15H,6-13H2,1-5H3,(H,24,25,26). The third kappa shape index (κ3) is 4.42. The fourth-order valence-corrected chi connectivity index (χ4v) is 4.27. The zero-order chi connectivity index (χ0) is 19.4. The maximum atomic E-state index is 4.87. The van der Waals surface area contributed by atoms with Crippen LogP contribution in [0.3, 0.4) is 0 Å². The fourth-order valence-electron chi connectivity index (χ4n) is 4.27. The first-order valence-corrected chi connectivity index (χ1v) is 10.5. The molecule has 1 aromatic carbocycles. The fraction of sp³-hybridized carbons (Fsp3) is 0.565. The highest BCUT2D eigenvalue weighted by atomic mass is 15.2. The van der Waals surface area contributed by atoms with E-state index in [9.17, 15) is 0 Å². The van der Waals surface area contributed by atoms with E-state index >= 15 is 0 Å². The molecule has 146 valence electrons. The summed E-state index contributed by atoms with van der Waals surface area (Å²) in [5.74, 6) is 2.99. The van der Waals surface area contributed by atoms with E-state index in [1.165, 1.54) is 53.6 Å². The van der Waals surface area contributed by atoms with E-state index in [0.29, 0.717) is 0 Å². The van der Waals surface area contributed by atoms with Crippen LogP contribution in [0.1, 0.15) is 67.1 Å². The summed E-state index contributed by atoms with van der Waals surface area (Å²) < 4.78 is 0. The second kappa shape index (κ2) is 8.73. The molecule has 3 rings (SSSR count). The predicted octanol–water partition coefficient (Wildman–Crippen LogP) is 5.79. The van der Waals surface area contributed by atoms with Crippen molar-refractivity contribution in [2.24, 2.45) is 0 Å². The van der Waals surface area contributed by atoms with Gasteiger partial charge >= 0.3 is 0 Å². The molecule has 4 heteroatoms. The van der Waals surface area contributed by atoms with Crippen LogP contribution < -0.4 is 10.2 Å². The molecule has 0 spiro atoms. The Bertz CT molecular complexity index is 774. The van der Waals surface area contributed by atoms with Crippen molar-refractivity contribution in [2.45, 2.75) is 73.1 Å². The minimum absolute atomic E-state index is 0.846. The molecule has 1 N–H and O–H groups in total. The van der Waals surface area contributed by atoms with Crippen LogP contribution in [0.25, 0.3) is 0 Å². The van der Waals surface area contributed by atoms with Crippen LogP contribution in [0.5, 0.6) is 0 Å². The lowest BCUT2D eigenvalue weighted by Crippen LogP contribution is -2.28. The number of aromatic nitrogens is 2. The lowest BCUT2D eigenvalue weighted by molar-refractivity contribution is 0.682. The summed E-state index contributed by atoms with van der Waals surface area (Å²) >= 11 is 0. The van der Waals surface area contributed by atoms with Gasteiger partial charge in [-0.05, 0) is 58.1 Å². The van der Waals surface area contributed by atoms with Gasteiger partial charge in [0.1, 0.15) is 17.5 Å². The first-order valence-electron chi connectivity index (χ1n) is 10.5. The Morgan fingerprint density at radius 3 is 2.44 bits per heavy atom. The second-order valence-electron chi connectivity index (χ2n) is 7.91. The Morgan fingerprint density at radius 1 is 1.00 bits per heavy atom. The van der Waals surface area contributed by atoms with E-state index in [2.05, 4.69) is 50.0 Å². The lowest BCUT2D eigenvalue weighted by atomic mass is 10.00. The van der Waals surface area contributed by atoms with Crippen LogP contribution in [0.4, 0.5) is 17.3 Å². The van der Waals surface area contributed by atoms with E-state index in [4.69, 9.17) is 9.97 Å². The summed E-state index contributed by atoms with van der Waals surface area (Å²) in [5, 5.41) is 3.61. The van der Waals surface area contributed by atoms with Crippen LogP contribution in [0.15, 0.2) is 12.1 Å². The van der Waals surface area contributed by atoms with Crippen molar-refractivity contribution in [3.8, 4) is 0 Å². The van der Waals surface area contributed by atoms with Gasteiger partial charge in [-0.3, -0.25) is 0 Å². The molecule has 1 aliphatic heterocycles. The molecular weight excluding hydrogens is 332 g/mol. The van der Waals surface area contributed by atoms with E-state index in [0.717, 1.165) is 43.4 Å². The van der Waals surface area contributed by atoms with Crippen LogP contribution in [-0.4, -0.2) is 23.1 Å². The predicted molar refractivity (Wildman–Crippen MR) is 115 cm³/mol. The minimum Gasteiger partial charge on any atom is -0.370 e. The average molecular weight is 367 g/mol. The monoisotopic (exact) mass is 366 g/mol. The summed E-state index contributed by atoms with van der Waals surface area (Å²) in [6, 6.07) is 4.55. The molecule has 0 saturated heterocycles. The highest BCUT2D eigenvalue weighted by Gasteiger charge is 2.25. The SMILES string of the molecule is CCCCCCNc1nc(C)nc2c1CCCN2c1c(C)cc(C)cc1C. The number of nitrogens with one attached hydrogen (secondary N) is 1. The third-order valence-corrected chi connectivity index (χ3v) is 5.39. The molecule has 4 nitrogen and oxygen atoms in total. The van der Waals surface area contributed by atoms with Crippen molar-refractivity contribution in [1.82, 2.24) is 9.97 Å². The lowest BCUT2D eigenvalue weighted by Gasteiger charge is -2.33. The Kier molecular flexibility index (Phi) is 6.35. The minimum atomic E-state index is 0.846. The Hall–Kier alpha value is -2.10. The van der Waals surface area contributed by atoms with E-state index in [1.807, 2.05) is 6.92 Å². The number of benzene rings is 1. The summed E-state index contributed by atoms with van der Waals surface area (Å²) in [6.07, 6.45) is 7.24.